The van der Waals surface area contributed by atoms with Gasteiger partial charge in [-0.15, -0.1) is 24.8 Å². The third-order valence-electron chi connectivity index (χ3n) is 4.42. The Morgan fingerprint density at radius 1 is 1.22 bits per heavy atom. The minimum Gasteiger partial charge on any atom is -0.380 e. The van der Waals surface area contributed by atoms with E-state index in [9.17, 15) is 4.79 Å². The first-order valence-corrected chi connectivity index (χ1v) is 8.95. The summed E-state index contributed by atoms with van der Waals surface area (Å²) in [6, 6.07) is 8.40. The van der Waals surface area contributed by atoms with Crippen LogP contribution in [0.2, 0.25) is 0 Å². The summed E-state index contributed by atoms with van der Waals surface area (Å²) < 4.78 is 10.9. The van der Waals surface area contributed by atoms with Crippen LogP contribution in [-0.4, -0.2) is 55.9 Å². The Labute approximate surface area is 175 Å². The summed E-state index contributed by atoms with van der Waals surface area (Å²) in [5, 5.41) is 2.91. The molecular weight excluding hydrogens is 389 g/mol. The topological polar surface area (TPSA) is 76.8 Å². The van der Waals surface area contributed by atoms with Crippen molar-refractivity contribution in [2.75, 3.05) is 26.7 Å². The van der Waals surface area contributed by atoms with E-state index in [4.69, 9.17) is 15.2 Å². The number of benzene rings is 1. The highest BCUT2D eigenvalue weighted by Gasteiger charge is 2.21. The number of amides is 1. The van der Waals surface area contributed by atoms with Crippen LogP contribution in [0.25, 0.3) is 0 Å². The minimum atomic E-state index is -0.222. The lowest BCUT2D eigenvalue weighted by molar-refractivity contribution is -0.123. The zero-order valence-corrected chi connectivity index (χ0v) is 18.0. The summed E-state index contributed by atoms with van der Waals surface area (Å²) in [5.41, 5.74) is 7.90. The molecule has 3 unspecified atom stereocenters. The van der Waals surface area contributed by atoms with Crippen molar-refractivity contribution >= 4 is 30.7 Å². The highest BCUT2D eigenvalue weighted by Crippen LogP contribution is 2.14. The molecule has 1 heterocycles. The van der Waals surface area contributed by atoms with Gasteiger partial charge in [0, 0.05) is 39.8 Å². The number of hydrogen-bond donors (Lipinski definition) is 2. The number of morpholine rings is 1. The van der Waals surface area contributed by atoms with Crippen LogP contribution < -0.4 is 11.1 Å². The number of methoxy groups -OCH3 is 1. The van der Waals surface area contributed by atoms with E-state index in [1.54, 1.807) is 7.11 Å². The average Bonchev–Trinajstić information content (AvgIpc) is 2.58. The van der Waals surface area contributed by atoms with Gasteiger partial charge in [0.15, 0.2) is 0 Å². The Kier molecular flexibility index (Phi) is 12.9. The Morgan fingerprint density at radius 2 is 1.78 bits per heavy atom. The van der Waals surface area contributed by atoms with E-state index in [-0.39, 0.29) is 49.0 Å². The van der Waals surface area contributed by atoms with Gasteiger partial charge in [-0.3, -0.25) is 9.69 Å². The molecule has 0 aliphatic carbocycles. The number of nitrogens with zero attached hydrogens (tertiary/aromatic N) is 1. The molecule has 1 aromatic carbocycles. The van der Waals surface area contributed by atoms with Crippen LogP contribution in [0.3, 0.4) is 0 Å². The van der Waals surface area contributed by atoms with Gasteiger partial charge in [0.2, 0.25) is 5.91 Å². The SMILES string of the molecule is COC(CN)CC(=O)NCc1ccc(CN2CC(C)OC(C)C2)cc1.Cl.Cl. The van der Waals surface area contributed by atoms with Crippen molar-refractivity contribution < 1.29 is 14.3 Å². The molecule has 1 aromatic rings. The fourth-order valence-corrected chi connectivity index (χ4v) is 3.18. The number of carbonyl (C=O) groups excluding carboxylic acids is 1. The van der Waals surface area contributed by atoms with E-state index in [1.165, 1.54) is 5.56 Å². The van der Waals surface area contributed by atoms with Crippen molar-refractivity contribution in [1.29, 1.82) is 0 Å². The molecule has 2 rings (SSSR count). The fraction of sp³-hybridized carbons (Fsp3) is 0.632. The second-order valence-corrected chi connectivity index (χ2v) is 6.84. The first-order valence-electron chi connectivity index (χ1n) is 8.95. The largest absolute Gasteiger partial charge is 0.380 e. The molecule has 1 aliphatic heterocycles. The minimum absolute atomic E-state index is 0. The van der Waals surface area contributed by atoms with Gasteiger partial charge in [0.1, 0.15) is 0 Å². The molecule has 1 fully saturated rings. The van der Waals surface area contributed by atoms with Crippen LogP contribution in [0, 0.1) is 0 Å². The van der Waals surface area contributed by atoms with Crippen LogP contribution in [0.4, 0.5) is 0 Å². The summed E-state index contributed by atoms with van der Waals surface area (Å²) >= 11 is 0. The Hall–Kier alpha value is -0.890. The number of carbonyl (C=O) groups is 1. The maximum Gasteiger partial charge on any atom is 0.222 e. The van der Waals surface area contributed by atoms with Crippen molar-refractivity contribution in [3.8, 4) is 0 Å². The standard InChI is InChI=1S/C19H31N3O3.2ClH/c1-14-11-22(12-15(2)25-14)13-17-6-4-16(5-7-17)10-21-19(23)8-18(9-20)24-3;;/h4-7,14-15,18H,8-13,20H2,1-3H3,(H,21,23);2*1H. The number of rotatable bonds is 8. The van der Waals surface area contributed by atoms with Crippen LogP contribution in [-0.2, 0) is 27.4 Å². The summed E-state index contributed by atoms with van der Waals surface area (Å²) in [6.45, 7) is 7.95. The maximum atomic E-state index is 11.9. The van der Waals surface area contributed by atoms with Crippen LogP contribution in [0.1, 0.15) is 31.4 Å². The second-order valence-electron chi connectivity index (χ2n) is 6.84. The highest BCUT2D eigenvalue weighted by atomic mass is 35.5. The molecule has 1 saturated heterocycles. The summed E-state index contributed by atoms with van der Waals surface area (Å²) in [6.07, 6.45) is 0.629. The van der Waals surface area contributed by atoms with E-state index in [0.29, 0.717) is 19.5 Å². The third-order valence-corrected chi connectivity index (χ3v) is 4.42. The van der Waals surface area contributed by atoms with Gasteiger partial charge in [-0.25, -0.2) is 0 Å². The Morgan fingerprint density at radius 3 is 2.30 bits per heavy atom. The number of hydrogen-bond acceptors (Lipinski definition) is 5. The Bertz CT molecular complexity index is 532. The normalized spacial score (nSPS) is 20.9. The number of nitrogens with two attached hydrogens (primary N) is 1. The van der Waals surface area contributed by atoms with Gasteiger partial charge in [-0.2, -0.15) is 0 Å². The molecular formula is C19H33Cl2N3O3. The predicted octanol–water partition coefficient (Wildman–Crippen LogP) is 2.12. The molecule has 0 saturated carbocycles. The van der Waals surface area contributed by atoms with Gasteiger partial charge < -0.3 is 20.5 Å². The van der Waals surface area contributed by atoms with Gasteiger partial charge in [-0.05, 0) is 25.0 Å². The van der Waals surface area contributed by atoms with E-state index in [0.717, 1.165) is 25.2 Å². The quantitative estimate of drug-likeness (QED) is 0.671. The lowest BCUT2D eigenvalue weighted by Crippen LogP contribution is -2.44. The first kappa shape index (κ1) is 26.1. The van der Waals surface area contributed by atoms with Crippen LogP contribution >= 0.6 is 24.8 Å². The molecule has 1 amide bonds. The number of ether oxygens (including phenoxy) is 2. The van der Waals surface area contributed by atoms with Gasteiger partial charge in [0.05, 0.1) is 24.7 Å². The second kappa shape index (κ2) is 13.3. The van der Waals surface area contributed by atoms with E-state index < -0.39 is 0 Å². The molecule has 1 aliphatic rings. The zero-order valence-electron chi connectivity index (χ0n) is 16.3. The van der Waals surface area contributed by atoms with Gasteiger partial charge in [0.25, 0.3) is 0 Å². The maximum absolute atomic E-state index is 11.9. The summed E-state index contributed by atoms with van der Waals surface area (Å²) in [4.78, 5) is 14.3. The molecule has 0 spiro atoms. The van der Waals surface area contributed by atoms with Crippen molar-refractivity contribution in [3.05, 3.63) is 35.4 Å². The lowest BCUT2D eigenvalue weighted by atomic mass is 10.1. The van der Waals surface area contributed by atoms with Crippen molar-refractivity contribution in [3.63, 3.8) is 0 Å². The van der Waals surface area contributed by atoms with Crippen molar-refractivity contribution in [2.45, 2.75) is 51.7 Å². The fourth-order valence-electron chi connectivity index (χ4n) is 3.18. The predicted molar refractivity (Wildman–Crippen MR) is 113 cm³/mol. The highest BCUT2D eigenvalue weighted by molar-refractivity contribution is 5.85. The molecule has 0 radical (unpaired) electrons. The molecule has 3 N–H and O–H groups in total. The van der Waals surface area contributed by atoms with Gasteiger partial charge in [-0.1, -0.05) is 24.3 Å². The monoisotopic (exact) mass is 421 g/mol. The number of halogens is 2. The number of nitrogens with one attached hydrogen (secondary N) is 1. The zero-order chi connectivity index (χ0) is 18.2. The molecule has 8 heteroatoms. The smallest absolute Gasteiger partial charge is 0.222 e. The first-order chi connectivity index (χ1) is 12.0. The summed E-state index contributed by atoms with van der Waals surface area (Å²) in [7, 11) is 1.57. The van der Waals surface area contributed by atoms with E-state index >= 15 is 0 Å². The van der Waals surface area contributed by atoms with Crippen molar-refractivity contribution in [1.82, 2.24) is 10.2 Å². The van der Waals surface area contributed by atoms with Crippen LogP contribution in [0.15, 0.2) is 24.3 Å². The van der Waals surface area contributed by atoms with E-state index in [1.807, 2.05) is 0 Å². The van der Waals surface area contributed by atoms with Crippen molar-refractivity contribution in [2.24, 2.45) is 5.73 Å². The lowest BCUT2D eigenvalue weighted by Gasteiger charge is -2.35. The van der Waals surface area contributed by atoms with Crippen LogP contribution in [0.5, 0.6) is 0 Å². The average molecular weight is 422 g/mol. The Balaban J connectivity index is 0.00000338. The molecule has 0 bridgehead atoms. The summed E-state index contributed by atoms with van der Waals surface area (Å²) in [5.74, 6) is -0.0438. The van der Waals surface area contributed by atoms with Gasteiger partial charge >= 0.3 is 0 Å². The molecule has 3 atom stereocenters. The molecule has 156 valence electrons. The molecule has 27 heavy (non-hydrogen) atoms. The molecule has 6 nitrogen and oxygen atoms in total. The molecule has 0 aromatic heterocycles. The third kappa shape index (κ3) is 9.23. The van der Waals surface area contributed by atoms with E-state index in [2.05, 4.69) is 48.3 Å².